The lowest BCUT2D eigenvalue weighted by Crippen LogP contribution is -2.43. The monoisotopic (exact) mass is 310 g/mol. The summed E-state index contributed by atoms with van der Waals surface area (Å²) in [7, 11) is 0. The van der Waals surface area contributed by atoms with Crippen molar-refractivity contribution in [1.29, 1.82) is 0 Å². The van der Waals surface area contributed by atoms with Gasteiger partial charge in [0.2, 0.25) is 0 Å². The van der Waals surface area contributed by atoms with Crippen molar-refractivity contribution >= 4 is 5.97 Å². The standard InChI is InChI=1S/C20H22O3/c1-14(21)23-20-18(16-10-6-3-7-11-16)13-12-17(19(20)22)15-8-4-2-5-9-15/h2-11,17-20,22H,12-13H2,1H3. The maximum absolute atomic E-state index is 11.5. The van der Waals surface area contributed by atoms with Gasteiger partial charge in [0.15, 0.2) is 0 Å². The van der Waals surface area contributed by atoms with Crippen molar-refractivity contribution in [3.63, 3.8) is 0 Å². The molecule has 120 valence electrons. The van der Waals surface area contributed by atoms with Crippen LogP contribution < -0.4 is 0 Å². The minimum Gasteiger partial charge on any atom is -0.459 e. The Labute approximate surface area is 136 Å². The molecule has 0 aliphatic heterocycles. The molecular weight excluding hydrogens is 288 g/mol. The van der Waals surface area contributed by atoms with Gasteiger partial charge in [0.25, 0.3) is 0 Å². The molecule has 0 aromatic heterocycles. The Hall–Kier alpha value is -2.13. The Morgan fingerprint density at radius 1 is 0.913 bits per heavy atom. The first kappa shape index (κ1) is 15.8. The van der Waals surface area contributed by atoms with E-state index in [1.54, 1.807) is 0 Å². The van der Waals surface area contributed by atoms with E-state index in [1.165, 1.54) is 6.92 Å². The molecule has 23 heavy (non-hydrogen) atoms. The van der Waals surface area contributed by atoms with E-state index in [0.29, 0.717) is 0 Å². The Balaban J connectivity index is 1.89. The third-order valence-corrected chi connectivity index (χ3v) is 4.69. The highest BCUT2D eigenvalue weighted by Crippen LogP contribution is 2.42. The number of aliphatic hydroxyl groups is 1. The van der Waals surface area contributed by atoms with Crippen molar-refractivity contribution in [1.82, 2.24) is 0 Å². The summed E-state index contributed by atoms with van der Waals surface area (Å²) in [5.74, 6) is -0.306. The van der Waals surface area contributed by atoms with Crippen molar-refractivity contribution in [2.24, 2.45) is 0 Å². The summed E-state index contributed by atoms with van der Waals surface area (Å²) in [6.07, 6.45) is 0.565. The number of hydrogen-bond donors (Lipinski definition) is 1. The maximum atomic E-state index is 11.5. The maximum Gasteiger partial charge on any atom is 0.303 e. The van der Waals surface area contributed by atoms with Gasteiger partial charge in [-0.3, -0.25) is 4.79 Å². The molecule has 4 unspecified atom stereocenters. The van der Waals surface area contributed by atoms with E-state index in [1.807, 2.05) is 60.7 Å². The summed E-state index contributed by atoms with van der Waals surface area (Å²) in [4.78, 5) is 11.5. The summed E-state index contributed by atoms with van der Waals surface area (Å²) >= 11 is 0. The molecule has 1 aliphatic carbocycles. The molecule has 1 N–H and O–H groups in total. The summed E-state index contributed by atoms with van der Waals surface area (Å²) < 4.78 is 5.53. The van der Waals surface area contributed by atoms with Crippen LogP contribution in [0.4, 0.5) is 0 Å². The molecule has 3 nitrogen and oxygen atoms in total. The smallest absolute Gasteiger partial charge is 0.303 e. The highest BCUT2D eigenvalue weighted by Gasteiger charge is 2.41. The highest BCUT2D eigenvalue weighted by atomic mass is 16.6. The molecule has 0 spiro atoms. The van der Waals surface area contributed by atoms with Crippen LogP contribution in [0.15, 0.2) is 60.7 Å². The molecule has 0 bridgehead atoms. The second-order valence-electron chi connectivity index (χ2n) is 6.18. The molecule has 2 aromatic carbocycles. The molecule has 3 heteroatoms. The van der Waals surface area contributed by atoms with Crippen LogP contribution >= 0.6 is 0 Å². The molecule has 0 radical (unpaired) electrons. The van der Waals surface area contributed by atoms with Gasteiger partial charge in [0, 0.05) is 18.8 Å². The number of carbonyl (C=O) groups excluding carboxylic acids is 1. The minimum absolute atomic E-state index is 0.000474. The van der Waals surface area contributed by atoms with Gasteiger partial charge in [-0.15, -0.1) is 0 Å². The van der Waals surface area contributed by atoms with E-state index in [9.17, 15) is 9.90 Å². The first-order chi connectivity index (χ1) is 11.2. The third kappa shape index (κ3) is 3.45. The summed E-state index contributed by atoms with van der Waals surface area (Å²) in [5.41, 5.74) is 2.22. The average molecular weight is 310 g/mol. The van der Waals surface area contributed by atoms with E-state index < -0.39 is 12.2 Å². The lowest BCUT2D eigenvalue weighted by Gasteiger charge is -2.40. The van der Waals surface area contributed by atoms with Gasteiger partial charge in [-0.25, -0.2) is 0 Å². The van der Waals surface area contributed by atoms with Gasteiger partial charge in [-0.05, 0) is 24.0 Å². The number of carbonyl (C=O) groups is 1. The first-order valence-corrected chi connectivity index (χ1v) is 8.12. The van der Waals surface area contributed by atoms with Crippen LogP contribution in [0.1, 0.15) is 42.7 Å². The predicted molar refractivity (Wildman–Crippen MR) is 89.2 cm³/mol. The van der Waals surface area contributed by atoms with Crippen LogP contribution in [0, 0.1) is 0 Å². The number of esters is 1. The van der Waals surface area contributed by atoms with Gasteiger partial charge in [0.05, 0.1) is 6.10 Å². The second kappa shape index (κ2) is 6.97. The largest absolute Gasteiger partial charge is 0.459 e. The van der Waals surface area contributed by atoms with E-state index in [4.69, 9.17) is 4.74 Å². The van der Waals surface area contributed by atoms with Crippen molar-refractivity contribution in [2.45, 2.75) is 43.8 Å². The molecule has 1 aliphatic rings. The van der Waals surface area contributed by atoms with Crippen LogP contribution in [-0.2, 0) is 9.53 Å². The minimum atomic E-state index is -0.694. The topological polar surface area (TPSA) is 46.5 Å². The molecule has 1 fully saturated rings. The fraction of sp³-hybridized carbons (Fsp3) is 0.350. The Morgan fingerprint density at radius 3 is 1.91 bits per heavy atom. The normalized spacial score (nSPS) is 27.4. The summed E-state index contributed by atoms with van der Waals surface area (Å²) in [6.45, 7) is 1.40. The molecule has 0 saturated heterocycles. The number of aliphatic hydroxyl groups excluding tert-OH is 1. The van der Waals surface area contributed by atoms with Crippen LogP contribution in [0.25, 0.3) is 0 Å². The third-order valence-electron chi connectivity index (χ3n) is 4.69. The summed E-state index contributed by atoms with van der Waals surface area (Å²) in [5, 5.41) is 10.9. The first-order valence-electron chi connectivity index (χ1n) is 8.12. The van der Waals surface area contributed by atoms with Crippen molar-refractivity contribution in [3.05, 3.63) is 71.8 Å². The van der Waals surface area contributed by atoms with Crippen molar-refractivity contribution in [2.75, 3.05) is 0 Å². The fourth-order valence-corrected chi connectivity index (χ4v) is 3.63. The molecule has 3 rings (SSSR count). The SMILES string of the molecule is CC(=O)OC1C(c2ccccc2)CCC(c2ccccc2)C1O. The average Bonchev–Trinajstić information content (AvgIpc) is 2.58. The van der Waals surface area contributed by atoms with E-state index in [-0.39, 0.29) is 17.8 Å². The van der Waals surface area contributed by atoms with Crippen LogP contribution in [0.5, 0.6) is 0 Å². The lowest BCUT2D eigenvalue weighted by molar-refractivity contribution is -0.158. The predicted octanol–water partition coefficient (Wildman–Crippen LogP) is 3.64. The van der Waals surface area contributed by atoms with Gasteiger partial charge >= 0.3 is 5.97 Å². The van der Waals surface area contributed by atoms with E-state index in [2.05, 4.69) is 0 Å². The van der Waals surface area contributed by atoms with Gasteiger partial charge in [0.1, 0.15) is 6.10 Å². The lowest BCUT2D eigenvalue weighted by atomic mass is 9.72. The quantitative estimate of drug-likeness (QED) is 0.880. The zero-order chi connectivity index (χ0) is 16.2. The zero-order valence-electron chi connectivity index (χ0n) is 13.3. The van der Waals surface area contributed by atoms with E-state index >= 15 is 0 Å². The van der Waals surface area contributed by atoms with Crippen molar-refractivity contribution < 1.29 is 14.6 Å². The fourth-order valence-electron chi connectivity index (χ4n) is 3.63. The van der Waals surface area contributed by atoms with Gasteiger partial charge in [-0.2, -0.15) is 0 Å². The molecule has 1 saturated carbocycles. The van der Waals surface area contributed by atoms with Crippen molar-refractivity contribution in [3.8, 4) is 0 Å². The number of rotatable bonds is 3. The molecule has 2 aromatic rings. The number of ether oxygens (including phenoxy) is 1. The summed E-state index contributed by atoms with van der Waals surface area (Å²) in [6, 6.07) is 20.0. The molecule has 0 heterocycles. The van der Waals surface area contributed by atoms with E-state index in [0.717, 1.165) is 24.0 Å². The highest BCUT2D eigenvalue weighted by molar-refractivity contribution is 5.66. The van der Waals surface area contributed by atoms with Gasteiger partial charge < -0.3 is 9.84 Å². The second-order valence-corrected chi connectivity index (χ2v) is 6.18. The Bertz CT molecular complexity index is 638. The Morgan fingerprint density at radius 2 is 1.39 bits per heavy atom. The number of hydrogen-bond acceptors (Lipinski definition) is 3. The van der Waals surface area contributed by atoms with Crippen LogP contribution in [-0.4, -0.2) is 23.3 Å². The zero-order valence-corrected chi connectivity index (χ0v) is 13.3. The molecule has 0 amide bonds. The van der Waals surface area contributed by atoms with Crippen LogP contribution in [0.3, 0.4) is 0 Å². The van der Waals surface area contributed by atoms with Crippen LogP contribution in [0.2, 0.25) is 0 Å². The molecule has 4 atom stereocenters. The number of benzene rings is 2. The Kier molecular flexibility index (Phi) is 4.77. The van der Waals surface area contributed by atoms with Gasteiger partial charge in [-0.1, -0.05) is 60.7 Å². The molecular formula is C20H22O3.